The average molecular weight is 285 g/mol. The van der Waals surface area contributed by atoms with Gasteiger partial charge in [0.05, 0.1) is 6.61 Å². The van der Waals surface area contributed by atoms with E-state index in [1.807, 2.05) is 37.3 Å². The molecule has 0 atom stereocenters. The molecule has 6 nitrogen and oxygen atoms in total. The Hall–Kier alpha value is -2.68. The Morgan fingerprint density at radius 3 is 2.81 bits per heavy atom. The van der Waals surface area contributed by atoms with Crippen LogP contribution in [-0.2, 0) is 6.54 Å². The van der Waals surface area contributed by atoms with Crippen LogP contribution in [0.5, 0.6) is 5.75 Å². The second-order valence-electron chi connectivity index (χ2n) is 4.49. The number of para-hydroxylation sites is 1. The van der Waals surface area contributed by atoms with Gasteiger partial charge in [-0.3, -0.25) is 0 Å². The zero-order chi connectivity index (χ0) is 15.1. The lowest BCUT2D eigenvalue weighted by Crippen LogP contribution is -2.09. The van der Waals surface area contributed by atoms with E-state index in [9.17, 15) is 0 Å². The molecule has 0 fully saturated rings. The Morgan fingerprint density at radius 2 is 2.14 bits per heavy atom. The highest BCUT2D eigenvalue weighted by molar-refractivity contribution is 5.63. The third-order valence-corrected chi connectivity index (χ3v) is 2.97. The lowest BCUT2D eigenvalue weighted by molar-refractivity contribution is 0.299. The van der Waals surface area contributed by atoms with Gasteiger partial charge in [-0.2, -0.15) is 10.4 Å². The van der Waals surface area contributed by atoms with Crippen molar-refractivity contribution in [3.05, 3.63) is 35.9 Å². The van der Waals surface area contributed by atoms with E-state index in [0.29, 0.717) is 36.9 Å². The van der Waals surface area contributed by atoms with E-state index in [0.717, 1.165) is 12.2 Å². The van der Waals surface area contributed by atoms with Gasteiger partial charge in [0, 0.05) is 19.5 Å². The molecule has 110 valence electrons. The minimum Gasteiger partial charge on any atom is -0.494 e. The van der Waals surface area contributed by atoms with Crippen LogP contribution in [0.2, 0.25) is 0 Å². The van der Waals surface area contributed by atoms with E-state index < -0.39 is 0 Å². The first-order valence-electron chi connectivity index (χ1n) is 6.94. The highest BCUT2D eigenvalue weighted by Gasteiger charge is 2.14. The van der Waals surface area contributed by atoms with Gasteiger partial charge in [0.15, 0.2) is 5.82 Å². The van der Waals surface area contributed by atoms with Crippen molar-refractivity contribution in [3.63, 3.8) is 0 Å². The molecule has 6 heteroatoms. The van der Waals surface area contributed by atoms with Crippen molar-refractivity contribution >= 4 is 11.6 Å². The molecule has 0 aliphatic heterocycles. The van der Waals surface area contributed by atoms with E-state index >= 15 is 0 Å². The quantitative estimate of drug-likeness (QED) is 0.761. The van der Waals surface area contributed by atoms with Crippen LogP contribution in [0.1, 0.15) is 18.9 Å². The highest BCUT2D eigenvalue weighted by Crippen LogP contribution is 2.20. The van der Waals surface area contributed by atoms with Crippen molar-refractivity contribution in [2.45, 2.75) is 19.9 Å². The summed E-state index contributed by atoms with van der Waals surface area (Å²) in [7, 11) is 0. The van der Waals surface area contributed by atoms with Gasteiger partial charge in [0.1, 0.15) is 23.2 Å². The number of aryl methyl sites for hydroxylation is 1. The number of ether oxygens (including phenoxy) is 1. The Bertz CT molecular complexity index is 615. The monoisotopic (exact) mass is 285 g/mol. The number of benzene rings is 1. The fraction of sp³-hybridized carbons (Fsp3) is 0.333. The molecule has 0 saturated carbocycles. The summed E-state index contributed by atoms with van der Waals surface area (Å²) in [4.78, 5) is 0. The first-order chi connectivity index (χ1) is 10.3. The summed E-state index contributed by atoms with van der Waals surface area (Å²) in [5.41, 5.74) is 6.34. The van der Waals surface area contributed by atoms with Crippen LogP contribution in [-0.4, -0.2) is 22.9 Å². The van der Waals surface area contributed by atoms with Gasteiger partial charge in [-0.25, -0.2) is 4.68 Å². The number of hydrogen-bond acceptors (Lipinski definition) is 5. The van der Waals surface area contributed by atoms with Gasteiger partial charge < -0.3 is 15.8 Å². The average Bonchev–Trinajstić information content (AvgIpc) is 2.80. The molecule has 0 bridgehead atoms. The fourth-order valence-corrected chi connectivity index (χ4v) is 1.97. The Balaban J connectivity index is 1.90. The van der Waals surface area contributed by atoms with Crippen molar-refractivity contribution in [2.75, 3.05) is 24.2 Å². The number of nitrogen functional groups attached to an aromatic ring is 1. The summed E-state index contributed by atoms with van der Waals surface area (Å²) in [6.45, 7) is 3.83. The van der Waals surface area contributed by atoms with E-state index in [-0.39, 0.29) is 0 Å². The van der Waals surface area contributed by atoms with Gasteiger partial charge in [-0.05, 0) is 19.1 Å². The summed E-state index contributed by atoms with van der Waals surface area (Å²) < 4.78 is 7.26. The van der Waals surface area contributed by atoms with Crippen molar-refractivity contribution in [2.24, 2.45) is 0 Å². The summed E-state index contributed by atoms with van der Waals surface area (Å²) in [6, 6.07) is 11.7. The lowest BCUT2D eigenvalue weighted by atomic mass is 10.3. The van der Waals surface area contributed by atoms with Crippen molar-refractivity contribution < 1.29 is 4.74 Å². The molecule has 0 amide bonds. The minimum atomic E-state index is 0.396. The van der Waals surface area contributed by atoms with Crippen LogP contribution in [0.3, 0.4) is 0 Å². The lowest BCUT2D eigenvalue weighted by Gasteiger charge is -2.06. The van der Waals surface area contributed by atoms with Crippen molar-refractivity contribution in [1.82, 2.24) is 9.78 Å². The molecule has 1 heterocycles. The number of anilines is 2. The number of nitrogens with two attached hydrogens (primary N) is 1. The van der Waals surface area contributed by atoms with E-state index in [4.69, 9.17) is 15.7 Å². The standard InChI is InChI=1S/C15H19N5O/c1-2-18-15-13(11-16)14(17)20(19-15)9-6-10-21-12-7-4-3-5-8-12/h3-5,7-8H,2,6,9-10,17H2,1H3,(H,18,19). The molecule has 2 aromatic rings. The van der Waals surface area contributed by atoms with Crippen LogP contribution in [0.25, 0.3) is 0 Å². The van der Waals surface area contributed by atoms with Gasteiger partial charge in [-0.15, -0.1) is 0 Å². The minimum absolute atomic E-state index is 0.396. The second-order valence-corrected chi connectivity index (χ2v) is 4.49. The van der Waals surface area contributed by atoms with E-state index in [1.165, 1.54) is 0 Å². The topological polar surface area (TPSA) is 88.9 Å². The number of aromatic nitrogens is 2. The smallest absolute Gasteiger partial charge is 0.168 e. The Kier molecular flexibility index (Phi) is 5.04. The number of rotatable bonds is 7. The number of hydrogen-bond donors (Lipinski definition) is 2. The van der Waals surface area contributed by atoms with Crippen molar-refractivity contribution in [3.8, 4) is 11.8 Å². The zero-order valence-corrected chi connectivity index (χ0v) is 12.0. The van der Waals surface area contributed by atoms with Crippen LogP contribution in [0.4, 0.5) is 11.6 Å². The van der Waals surface area contributed by atoms with Gasteiger partial charge >= 0.3 is 0 Å². The highest BCUT2D eigenvalue weighted by atomic mass is 16.5. The van der Waals surface area contributed by atoms with Crippen LogP contribution in [0.15, 0.2) is 30.3 Å². The van der Waals surface area contributed by atoms with Crippen LogP contribution in [0, 0.1) is 11.3 Å². The molecular formula is C15H19N5O. The van der Waals surface area contributed by atoms with E-state index in [1.54, 1.807) is 4.68 Å². The van der Waals surface area contributed by atoms with Crippen LogP contribution >= 0.6 is 0 Å². The molecule has 0 aliphatic rings. The molecule has 0 aliphatic carbocycles. The molecule has 0 spiro atoms. The molecule has 0 radical (unpaired) electrons. The molecule has 1 aromatic carbocycles. The first kappa shape index (κ1) is 14.7. The summed E-state index contributed by atoms with van der Waals surface area (Å²) in [5.74, 6) is 1.78. The zero-order valence-electron chi connectivity index (χ0n) is 12.0. The molecular weight excluding hydrogens is 266 g/mol. The third kappa shape index (κ3) is 3.66. The predicted octanol–water partition coefficient (Wildman–Crippen LogP) is 2.24. The second kappa shape index (κ2) is 7.20. The summed E-state index contributed by atoms with van der Waals surface area (Å²) in [6.07, 6.45) is 0.761. The van der Waals surface area contributed by atoms with E-state index in [2.05, 4.69) is 16.5 Å². The SMILES string of the molecule is CCNc1nn(CCCOc2ccccc2)c(N)c1C#N. The molecule has 2 rings (SSSR count). The fourth-order valence-electron chi connectivity index (χ4n) is 1.97. The maximum atomic E-state index is 9.11. The van der Waals surface area contributed by atoms with Gasteiger partial charge in [0.2, 0.25) is 0 Å². The normalized spacial score (nSPS) is 10.1. The molecule has 0 saturated heterocycles. The number of nitriles is 1. The largest absolute Gasteiger partial charge is 0.494 e. The molecule has 1 aromatic heterocycles. The Morgan fingerprint density at radius 1 is 1.38 bits per heavy atom. The predicted molar refractivity (Wildman–Crippen MR) is 82.1 cm³/mol. The first-order valence-corrected chi connectivity index (χ1v) is 6.94. The van der Waals surface area contributed by atoms with Crippen molar-refractivity contribution in [1.29, 1.82) is 5.26 Å². The molecule has 3 N–H and O–H groups in total. The molecule has 21 heavy (non-hydrogen) atoms. The van der Waals surface area contributed by atoms with Crippen LogP contribution < -0.4 is 15.8 Å². The third-order valence-electron chi connectivity index (χ3n) is 2.97. The number of nitrogens with zero attached hydrogens (tertiary/aromatic N) is 3. The maximum absolute atomic E-state index is 9.11. The Labute approximate surface area is 124 Å². The maximum Gasteiger partial charge on any atom is 0.168 e. The van der Waals surface area contributed by atoms with Gasteiger partial charge in [0.25, 0.3) is 0 Å². The molecule has 0 unspecified atom stereocenters. The van der Waals surface area contributed by atoms with Gasteiger partial charge in [-0.1, -0.05) is 18.2 Å². The summed E-state index contributed by atoms with van der Waals surface area (Å²) >= 11 is 0. The number of nitrogens with one attached hydrogen (secondary N) is 1. The summed E-state index contributed by atoms with van der Waals surface area (Å²) in [5, 5.41) is 16.5.